The standard InChI is InChI=1S/C7H7.Bi/c1-7-5-3-2-4-6-7;/h2-3,5-6H,1H3;. The summed E-state index contributed by atoms with van der Waals surface area (Å²) in [6.45, 7) is 2.12. The summed E-state index contributed by atoms with van der Waals surface area (Å²) in [6.07, 6.45) is 0. The van der Waals surface area contributed by atoms with E-state index < -0.39 is 0 Å². The Kier molecular flexibility index (Phi) is 2.02. The first-order valence-corrected chi connectivity index (χ1v) is 4.28. The Morgan fingerprint density at radius 1 is 1.38 bits per heavy atom. The van der Waals surface area contributed by atoms with Gasteiger partial charge in [0.05, 0.1) is 0 Å². The Balaban J connectivity index is 3.08. The molecule has 0 aliphatic heterocycles. The molecule has 40 valence electrons. The van der Waals surface area contributed by atoms with E-state index >= 15 is 0 Å². The van der Waals surface area contributed by atoms with Crippen LogP contribution in [-0.2, 0) is 0 Å². The maximum absolute atomic E-state index is 2.22. The second-order valence-corrected chi connectivity index (χ2v) is 3.85. The van der Waals surface area contributed by atoms with E-state index in [1.165, 1.54) is 33.6 Å². The van der Waals surface area contributed by atoms with Crippen molar-refractivity contribution < 1.29 is 0 Å². The molecule has 1 aromatic rings. The molecule has 0 nitrogen and oxygen atoms in total. The van der Waals surface area contributed by atoms with Gasteiger partial charge in [0.2, 0.25) is 0 Å². The summed E-state index contributed by atoms with van der Waals surface area (Å²) in [5.41, 5.74) is 1.37. The quantitative estimate of drug-likeness (QED) is 0.622. The number of rotatable bonds is 0. The Morgan fingerprint density at radius 2 is 2.12 bits per heavy atom. The molecule has 1 heteroatoms. The van der Waals surface area contributed by atoms with Crippen molar-refractivity contribution >= 4 is 28.0 Å². The molecule has 0 saturated heterocycles. The number of benzene rings is 1. The predicted octanol–water partition coefficient (Wildman–Crippen LogP) is 0.789. The van der Waals surface area contributed by atoms with Crippen molar-refractivity contribution in [1.29, 1.82) is 0 Å². The molecule has 2 radical (unpaired) electrons. The molecule has 0 fully saturated rings. The molecule has 0 N–H and O–H groups in total. The monoisotopic (exact) mass is 300 g/mol. The summed E-state index contributed by atoms with van der Waals surface area (Å²) in [7, 11) is 0. The van der Waals surface area contributed by atoms with Crippen molar-refractivity contribution in [3.05, 3.63) is 29.8 Å². The predicted molar refractivity (Wildman–Crippen MR) is 36.6 cm³/mol. The summed E-state index contributed by atoms with van der Waals surface area (Å²) >= 11 is 1.36. The number of hydrogen-bond donors (Lipinski definition) is 0. The van der Waals surface area contributed by atoms with Gasteiger partial charge in [0.15, 0.2) is 0 Å². The number of aryl methyl sites for hydroxylation is 1. The Bertz CT molecular complexity index is 164. The Labute approximate surface area is 64.8 Å². The second kappa shape index (κ2) is 2.59. The van der Waals surface area contributed by atoms with Crippen molar-refractivity contribution in [1.82, 2.24) is 0 Å². The van der Waals surface area contributed by atoms with Crippen molar-refractivity contribution in [2.24, 2.45) is 0 Å². The molecular formula is C7H7Bi. The van der Waals surface area contributed by atoms with E-state index in [9.17, 15) is 0 Å². The molecule has 0 unspecified atom stereocenters. The summed E-state index contributed by atoms with van der Waals surface area (Å²) < 4.78 is 1.45. The molecule has 0 heterocycles. The van der Waals surface area contributed by atoms with Crippen LogP contribution in [0, 0.1) is 6.92 Å². The van der Waals surface area contributed by atoms with Crippen LogP contribution in [0.5, 0.6) is 0 Å². The summed E-state index contributed by atoms with van der Waals surface area (Å²) in [4.78, 5) is 0. The summed E-state index contributed by atoms with van der Waals surface area (Å²) in [5.74, 6) is 0. The Hall–Kier alpha value is 0.103. The van der Waals surface area contributed by atoms with Crippen molar-refractivity contribution in [2.45, 2.75) is 6.92 Å². The average molecular weight is 300 g/mol. The topological polar surface area (TPSA) is 0 Å². The van der Waals surface area contributed by atoms with Gasteiger partial charge in [0, 0.05) is 0 Å². The fourth-order valence-electron chi connectivity index (χ4n) is 0.628. The first kappa shape index (κ1) is 6.23. The first-order valence-electron chi connectivity index (χ1n) is 2.54. The van der Waals surface area contributed by atoms with E-state index in [1.54, 1.807) is 0 Å². The van der Waals surface area contributed by atoms with Crippen LogP contribution in [0.15, 0.2) is 24.3 Å². The van der Waals surface area contributed by atoms with Crippen LogP contribution >= 0.6 is 0 Å². The van der Waals surface area contributed by atoms with Crippen LogP contribution in [-0.4, -0.2) is 24.7 Å². The van der Waals surface area contributed by atoms with Crippen LogP contribution < -0.4 is 3.27 Å². The van der Waals surface area contributed by atoms with Gasteiger partial charge in [-0.1, -0.05) is 0 Å². The molecule has 0 amide bonds. The molecule has 0 spiro atoms. The SMILES string of the molecule is Cc1ccc[c]([Bi])c1. The van der Waals surface area contributed by atoms with Crippen LogP contribution in [0.2, 0.25) is 0 Å². The molecule has 0 saturated carbocycles. The molecule has 0 aromatic heterocycles. The fraction of sp³-hybridized carbons (Fsp3) is 0.143. The molecule has 8 heavy (non-hydrogen) atoms. The van der Waals surface area contributed by atoms with Gasteiger partial charge in [-0.2, -0.15) is 0 Å². The van der Waals surface area contributed by atoms with E-state index in [0.29, 0.717) is 0 Å². The van der Waals surface area contributed by atoms with E-state index in [4.69, 9.17) is 0 Å². The second-order valence-electron chi connectivity index (χ2n) is 1.84. The zero-order chi connectivity index (χ0) is 5.98. The average Bonchev–Trinajstić information content (AvgIpc) is 1.64. The van der Waals surface area contributed by atoms with Crippen LogP contribution in [0.3, 0.4) is 0 Å². The van der Waals surface area contributed by atoms with E-state index in [0.717, 1.165) is 0 Å². The van der Waals surface area contributed by atoms with Crippen molar-refractivity contribution in [2.75, 3.05) is 0 Å². The van der Waals surface area contributed by atoms with Crippen molar-refractivity contribution in [3.63, 3.8) is 0 Å². The third-order valence-electron chi connectivity index (χ3n) is 1.00. The van der Waals surface area contributed by atoms with Gasteiger partial charge in [-0.05, 0) is 0 Å². The fourth-order valence-corrected chi connectivity index (χ4v) is 1.75. The van der Waals surface area contributed by atoms with Gasteiger partial charge in [0.25, 0.3) is 0 Å². The third-order valence-corrected chi connectivity index (χ3v) is 2.08. The van der Waals surface area contributed by atoms with Crippen LogP contribution in [0.25, 0.3) is 0 Å². The van der Waals surface area contributed by atoms with Gasteiger partial charge in [-0.15, -0.1) is 0 Å². The minimum absolute atomic E-state index is 1.36. The van der Waals surface area contributed by atoms with Gasteiger partial charge >= 0.3 is 64.7 Å². The molecule has 0 bridgehead atoms. The zero-order valence-electron chi connectivity index (χ0n) is 4.76. The third kappa shape index (κ3) is 1.56. The van der Waals surface area contributed by atoms with E-state index in [-0.39, 0.29) is 0 Å². The van der Waals surface area contributed by atoms with E-state index in [2.05, 4.69) is 31.2 Å². The molecular weight excluding hydrogens is 293 g/mol. The van der Waals surface area contributed by atoms with Gasteiger partial charge in [0.1, 0.15) is 0 Å². The van der Waals surface area contributed by atoms with E-state index in [1.807, 2.05) is 0 Å². The first-order chi connectivity index (χ1) is 3.79. The minimum atomic E-state index is 1.36. The molecule has 0 aliphatic carbocycles. The summed E-state index contributed by atoms with van der Waals surface area (Å²) in [5, 5.41) is 0. The normalized spacial score (nSPS) is 9.25. The van der Waals surface area contributed by atoms with Crippen LogP contribution in [0.4, 0.5) is 0 Å². The maximum atomic E-state index is 2.22. The number of hydrogen-bond acceptors (Lipinski definition) is 0. The molecule has 1 aromatic carbocycles. The van der Waals surface area contributed by atoms with Crippen LogP contribution in [0.1, 0.15) is 5.56 Å². The van der Waals surface area contributed by atoms with Crippen molar-refractivity contribution in [3.8, 4) is 0 Å². The van der Waals surface area contributed by atoms with Gasteiger partial charge < -0.3 is 0 Å². The van der Waals surface area contributed by atoms with Gasteiger partial charge in [-0.3, -0.25) is 0 Å². The Morgan fingerprint density at radius 3 is 2.50 bits per heavy atom. The molecule has 0 aliphatic rings. The summed E-state index contributed by atoms with van der Waals surface area (Å²) in [6, 6.07) is 8.59. The zero-order valence-corrected chi connectivity index (χ0v) is 8.23. The molecule has 0 atom stereocenters. The van der Waals surface area contributed by atoms with Gasteiger partial charge in [-0.25, -0.2) is 0 Å². The molecule has 1 rings (SSSR count).